The summed E-state index contributed by atoms with van der Waals surface area (Å²) >= 11 is 0. The van der Waals surface area contributed by atoms with Gasteiger partial charge in [0.05, 0.1) is 6.61 Å². The Hall–Kier alpha value is -1.32. The second-order valence-corrected chi connectivity index (χ2v) is 12.9. The molecule has 0 aromatic rings. The molecule has 0 amide bonds. The number of allylic oxidation sites excluding steroid dienone is 2. The highest BCUT2D eigenvalue weighted by Gasteiger charge is 2.11. The Kier molecular flexibility index (Phi) is 35.7. The molecular weight excluding hydrogens is 532 g/mol. The standard InChI is InChI=1S/C39H74O4/c1-3-5-7-9-11-13-15-17-19-20-21-23-25-27-29-31-33-35-37-42-39(41)43-38(40)36-34-32-30-28-26-24-22-18-16-14-12-10-8-6-4-2/h18,22H,3-17,19-21,23-37H2,1-2H3. The lowest BCUT2D eigenvalue weighted by atomic mass is 10.0. The number of carbonyl (C=O) groups is 2. The first-order valence-electron chi connectivity index (χ1n) is 19.2. The van der Waals surface area contributed by atoms with E-state index < -0.39 is 12.1 Å². The number of unbranched alkanes of at least 4 members (excludes halogenated alkanes) is 28. The van der Waals surface area contributed by atoms with Crippen LogP contribution in [0.15, 0.2) is 12.2 Å². The molecule has 0 aliphatic heterocycles. The Morgan fingerprint density at radius 2 is 0.744 bits per heavy atom. The first-order chi connectivity index (χ1) is 21.2. The highest BCUT2D eigenvalue weighted by molar-refractivity contribution is 5.81. The van der Waals surface area contributed by atoms with E-state index in [9.17, 15) is 9.59 Å². The molecular formula is C39H74O4. The van der Waals surface area contributed by atoms with Gasteiger partial charge in [-0.1, -0.05) is 187 Å². The van der Waals surface area contributed by atoms with Gasteiger partial charge in [0.15, 0.2) is 0 Å². The van der Waals surface area contributed by atoms with Crippen LogP contribution in [0.1, 0.15) is 219 Å². The number of ether oxygens (including phenoxy) is 2. The maximum atomic E-state index is 11.9. The largest absolute Gasteiger partial charge is 0.516 e. The van der Waals surface area contributed by atoms with E-state index in [1.54, 1.807) is 0 Å². The van der Waals surface area contributed by atoms with E-state index >= 15 is 0 Å². The Morgan fingerprint density at radius 1 is 0.419 bits per heavy atom. The topological polar surface area (TPSA) is 52.6 Å². The molecule has 0 aromatic heterocycles. The van der Waals surface area contributed by atoms with E-state index in [0.29, 0.717) is 13.0 Å². The molecule has 0 aromatic carbocycles. The van der Waals surface area contributed by atoms with Crippen molar-refractivity contribution in [2.45, 2.75) is 219 Å². The van der Waals surface area contributed by atoms with Crippen molar-refractivity contribution in [2.75, 3.05) is 6.61 Å². The van der Waals surface area contributed by atoms with E-state index in [2.05, 4.69) is 26.0 Å². The van der Waals surface area contributed by atoms with Gasteiger partial charge >= 0.3 is 12.1 Å². The molecule has 0 rings (SSSR count). The molecule has 0 radical (unpaired) electrons. The predicted molar refractivity (Wildman–Crippen MR) is 186 cm³/mol. The first kappa shape index (κ1) is 41.7. The fourth-order valence-corrected chi connectivity index (χ4v) is 5.67. The fraction of sp³-hybridized carbons (Fsp3) is 0.897. The van der Waals surface area contributed by atoms with Gasteiger partial charge < -0.3 is 9.47 Å². The van der Waals surface area contributed by atoms with Crippen molar-refractivity contribution in [2.24, 2.45) is 0 Å². The number of hydrogen-bond donors (Lipinski definition) is 0. The van der Waals surface area contributed by atoms with Crippen LogP contribution in [0.25, 0.3) is 0 Å². The van der Waals surface area contributed by atoms with Crippen LogP contribution < -0.4 is 0 Å². The number of rotatable bonds is 34. The van der Waals surface area contributed by atoms with Crippen LogP contribution in [-0.4, -0.2) is 18.7 Å². The Bertz CT molecular complexity index is 600. The minimum Gasteiger partial charge on any atom is -0.434 e. The van der Waals surface area contributed by atoms with Gasteiger partial charge in [-0.2, -0.15) is 0 Å². The molecule has 0 fully saturated rings. The predicted octanol–water partition coefficient (Wildman–Crippen LogP) is 13.7. The van der Waals surface area contributed by atoms with Crippen molar-refractivity contribution in [1.29, 1.82) is 0 Å². The lowest BCUT2D eigenvalue weighted by Gasteiger charge is -2.06. The number of hydrogen-bond acceptors (Lipinski definition) is 4. The minimum absolute atomic E-state index is 0.298. The lowest BCUT2D eigenvalue weighted by Crippen LogP contribution is -2.14. The smallest absolute Gasteiger partial charge is 0.434 e. The molecule has 4 heteroatoms. The molecule has 0 atom stereocenters. The van der Waals surface area contributed by atoms with Gasteiger partial charge in [-0.25, -0.2) is 4.79 Å². The summed E-state index contributed by atoms with van der Waals surface area (Å²) in [6.07, 6.45) is 43.9. The maximum Gasteiger partial charge on any atom is 0.516 e. The minimum atomic E-state index is -0.829. The number of esters is 1. The highest BCUT2D eigenvalue weighted by Crippen LogP contribution is 2.15. The normalized spacial score (nSPS) is 11.4. The van der Waals surface area contributed by atoms with Crippen LogP contribution >= 0.6 is 0 Å². The van der Waals surface area contributed by atoms with E-state index in [1.807, 2.05) is 0 Å². The van der Waals surface area contributed by atoms with Gasteiger partial charge in [0, 0.05) is 6.42 Å². The molecule has 0 aliphatic rings. The zero-order chi connectivity index (χ0) is 31.3. The van der Waals surface area contributed by atoms with Crippen molar-refractivity contribution >= 4 is 12.1 Å². The molecule has 0 bridgehead atoms. The Morgan fingerprint density at radius 3 is 1.14 bits per heavy atom. The van der Waals surface area contributed by atoms with E-state index in [4.69, 9.17) is 9.47 Å². The van der Waals surface area contributed by atoms with Gasteiger partial charge in [-0.3, -0.25) is 4.79 Å². The zero-order valence-electron chi connectivity index (χ0n) is 29.1. The van der Waals surface area contributed by atoms with Crippen LogP contribution in [-0.2, 0) is 14.3 Å². The van der Waals surface area contributed by atoms with Gasteiger partial charge in [-0.15, -0.1) is 0 Å². The molecule has 0 unspecified atom stereocenters. The third kappa shape index (κ3) is 36.8. The highest BCUT2D eigenvalue weighted by atomic mass is 16.7. The van der Waals surface area contributed by atoms with Crippen LogP contribution in [0.2, 0.25) is 0 Å². The molecule has 0 spiro atoms. The second-order valence-electron chi connectivity index (χ2n) is 12.9. The van der Waals surface area contributed by atoms with Crippen LogP contribution in [0.5, 0.6) is 0 Å². The first-order valence-corrected chi connectivity index (χ1v) is 19.2. The Labute approximate surface area is 268 Å². The summed E-state index contributed by atoms with van der Waals surface area (Å²) in [5.74, 6) is -0.458. The summed E-state index contributed by atoms with van der Waals surface area (Å²) in [5.41, 5.74) is 0. The van der Waals surface area contributed by atoms with Gasteiger partial charge in [0.1, 0.15) is 0 Å². The van der Waals surface area contributed by atoms with Crippen molar-refractivity contribution < 1.29 is 19.1 Å². The van der Waals surface area contributed by atoms with Crippen molar-refractivity contribution in [3.05, 3.63) is 12.2 Å². The molecule has 0 aliphatic carbocycles. The summed E-state index contributed by atoms with van der Waals surface area (Å²) in [6, 6.07) is 0. The molecule has 254 valence electrons. The maximum absolute atomic E-state index is 11.9. The number of carbonyl (C=O) groups excluding carboxylic acids is 2. The Balaban J connectivity index is 3.30. The average molecular weight is 607 g/mol. The third-order valence-electron chi connectivity index (χ3n) is 8.56. The van der Waals surface area contributed by atoms with E-state index in [0.717, 1.165) is 38.5 Å². The lowest BCUT2D eigenvalue weighted by molar-refractivity contribution is -0.139. The second kappa shape index (κ2) is 36.9. The fourth-order valence-electron chi connectivity index (χ4n) is 5.67. The zero-order valence-corrected chi connectivity index (χ0v) is 29.1. The third-order valence-corrected chi connectivity index (χ3v) is 8.56. The van der Waals surface area contributed by atoms with E-state index in [1.165, 1.54) is 161 Å². The summed E-state index contributed by atoms with van der Waals surface area (Å²) in [7, 11) is 0. The molecule has 0 saturated heterocycles. The summed E-state index contributed by atoms with van der Waals surface area (Å²) in [4.78, 5) is 23.6. The van der Waals surface area contributed by atoms with Gasteiger partial charge in [-0.05, 0) is 38.5 Å². The van der Waals surface area contributed by atoms with Crippen LogP contribution in [0.4, 0.5) is 4.79 Å². The SMILES string of the molecule is CCCCCCCCC=CCCCCCCCC(=O)OC(=O)OCCCCCCCCCCCCCCCCCCCC. The monoisotopic (exact) mass is 607 g/mol. The van der Waals surface area contributed by atoms with E-state index in [-0.39, 0.29) is 0 Å². The van der Waals surface area contributed by atoms with Crippen LogP contribution in [0.3, 0.4) is 0 Å². The molecule has 0 N–H and O–H groups in total. The summed E-state index contributed by atoms with van der Waals surface area (Å²) in [5, 5.41) is 0. The molecule has 43 heavy (non-hydrogen) atoms. The molecule has 0 saturated carbocycles. The van der Waals surface area contributed by atoms with Crippen molar-refractivity contribution in [1.82, 2.24) is 0 Å². The summed E-state index contributed by atoms with van der Waals surface area (Å²) in [6.45, 7) is 4.89. The van der Waals surface area contributed by atoms with Crippen molar-refractivity contribution in [3.8, 4) is 0 Å². The van der Waals surface area contributed by atoms with Crippen molar-refractivity contribution in [3.63, 3.8) is 0 Å². The average Bonchev–Trinajstić information content (AvgIpc) is 3.00. The summed E-state index contributed by atoms with van der Waals surface area (Å²) < 4.78 is 9.88. The molecule has 0 heterocycles. The van der Waals surface area contributed by atoms with Gasteiger partial charge in [0.2, 0.25) is 0 Å². The van der Waals surface area contributed by atoms with Crippen LogP contribution in [0, 0.1) is 0 Å². The van der Waals surface area contributed by atoms with Gasteiger partial charge in [0.25, 0.3) is 0 Å². The quantitative estimate of drug-likeness (QED) is 0.0316. The molecule has 4 nitrogen and oxygen atoms in total.